The van der Waals surface area contributed by atoms with Gasteiger partial charge in [0.1, 0.15) is 0 Å². The molecule has 3 rings (SSSR count). The Morgan fingerprint density at radius 3 is 1.67 bits per heavy atom. The number of urea groups is 1. The Balaban J connectivity index is 1.93. The molecule has 3 aromatic carbocycles. The zero-order valence-corrected chi connectivity index (χ0v) is 19.2. The SMILES string of the molecule is CN(C(N)=O)C(COCc1cc(C(F)(F)F)cc(C(F)(F)F)c1)C(c1ccccc1)c1ccccc1. The second kappa shape index (κ2) is 11.0. The van der Waals surface area contributed by atoms with Gasteiger partial charge in [-0.05, 0) is 34.9 Å². The Hall–Kier alpha value is -3.53. The van der Waals surface area contributed by atoms with Crippen molar-refractivity contribution in [1.82, 2.24) is 4.90 Å². The van der Waals surface area contributed by atoms with Crippen LogP contribution in [0, 0.1) is 0 Å². The fourth-order valence-electron chi connectivity index (χ4n) is 3.95. The van der Waals surface area contributed by atoms with Gasteiger partial charge in [0.15, 0.2) is 0 Å². The van der Waals surface area contributed by atoms with E-state index in [1.54, 1.807) is 0 Å². The first kappa shape index (κ1) is 27.1. The number of halogens is 6. The van der Waals surface area contributed by atoms with Crippen molar-refractivity contribution >= 4 is 6.03 Å². The third-order valence-electron chi connectivity index (χ3n) is 5.75. The van der Waals surface area contributed by atoms with Crippen LogP contribution >= 0.6 is 0 Å². The predicted molar refractivity (Wildman–Crippen MR) is 122 cm³/mol. The van der Waals surface area contributed by atoms with Crippen molar-refractivity contribution in [2.75, 3.05) is 13.7 Å². The first-order chi connectivity index (χ1) is 16.9. The number of carbonyl (C=O) groups excluding carboxylic acids is 1. The maximum atomic E-state index is 13.2. The second-order valence-corrected chi connectivity index (χ2v) is 8.24. The number of ether oxygens (including phenoxy) is 1. The molecule has 10 heteroatoms. The van der Waals surface area contributed by atoms with Crippen molar-refractivity contribution in [2.24, 2.45) is 5.73 Å². The number of hydrogen-bond acceptors (Lipinski definition) is 2. The largest absolute Gasteiger partial charge is 0.416 e. The number of alkyl halides is 6. The molecule has 0 spiro atoms. The van der Waals surface area contributed by atoms with Gasteiger partial charge in [-0.25, -0.2) is 4.79 Å². The summed E-state index contributed by atoms with van der Waals surface area (Å²) in [5.74, 6) is -0.433. The lowest BCUT2D eigenvalue weighted by Gasteiger charge is -2.34. The van der Waals surface area contributed by atoms with Crippen LogP contribution in [0.2, 0.25) is 0 Å². The quantitative estimate of drug-likeness (QED) is 0.354. The van der Waals surface area contributed by atoms with E-state index in [2.05, 4.69) is 0 Å². The van der Waals surface area contributed by atoms with E-state index < -0.39 is 48.1 Å². The van der Waals surface area contributed by atoms with Crippen LogP contribution in [-0.2, 0) is 23.7 Å². The van der Waals surface area contributed by atoms with Crippen LogP contribution < -0.4 is 5.73 Å². The molecule has 3 aromatic rings. The van der Waals surface area contributed by atoms with Crippen LogP contribution in [0.4, 0.5) is 31.1 Å². The van der Waals surface area contributed by atoms with Crippen LogP contribution in [0.3, 0.4) is 0 Å². The summed E-state index contributed by atoms with van der Waals surface area (Å²) in [6.45, 7) is -0.738. The lowest BCUT2D eigenvalue weighted by molar-refractivity contribution is -0.143. The van der Waals surface area contributed by atoms with Crippen molar-refractivity contribution in [3.8, 4) is 0 Å². The highest BCUT2D eigenvalue weighted by atomic mass is 19.4. The van der Waals surface area contributed by atoms with Crippen LogP contribution in [0.25, 0.3) is 0 Å². The number of hydrogen-bond donors (Lipinski definition) is 1. The summed E-state index contributed by atoms with van der Waals surface area (Å²) >= 11 is 0. The highest BCUT2D eigenvalue weighted by molar-refractivity contribution is 5.72. The fraction of sp³-hybridized carbons (Fsp3) is 0.269. The molecule has 0 aliphatic carbocycles. The Morgan fingerprint density at radius 1 is 0.833 bits per heavy atom. The monoisotopic (exact) mass is 510 g/mol. The molecule has 0 aliphatic rings. The number of nitrogens with zero attached hydrogens (tertiary/aromatic N) is 1. The molecule has 2 amide bonds. The lowest BCUT2D eigenvalue weighted by atomic mass is 9.84. The summed E-state index contributed by atoms with van der Waals surface area (Å²) in [4.78, 5) is 13.3. The van der Waals surface area contributed by atoms with Crippen LogP contribution in [0.15, 0.2) is 78.9 Å². The number of benzene rings is 3. The van der Waals surface area contributed by atoms with Crippen LogP contribution in [-0.4, -0.2) is 30.6 Å². The standard InChI is InChI=1S/C26H24F6N2O2/c1-34(24(33)35)22(23(18-8-4-2-5-9-18)19-10-6-3-7-11-19)16-36-15-17-12-20(25(27,28)29)14-21(13-17)26(30,31)32/h2-14,22-23H,15-16H2,1H3,(H2,33,35). The molecule has 0 bridgehead atoms. The molecule has 0 saturated carbocycles. The Labute approximate surface area is 204 Å². The molecular formula is C26H24F6N2O2. The molecule has 4 nitrogen and oxygen atoms in total. The number of likely N-dealkylation sites (N-methyl/N-ethyl adjacent to an activating group) is 1. The molecule has 0 aliphatic heterocycles. The first-order valence-corrected chi connectivity index (χ1v) is 10.9. The molecule has 1 unspecified atom stereocenters. The number of rotatable bonds is 8. The van der Waals surface area contributed by atoms with E-state index >= 15 is 0 Å². The number of carbonyl (C=O) groups is 1. The molecule has 2 N–H and O–H groups in total. The van der Waals surface area contributed by atoms with Crippen molar-refractivity contribution in [2.45, 2.75) is 30.9 Å². The Bertz CT molecular complexity index is 1080. The average Bonchev–Trinajstić information content (AvgIpc) is 2.83. The summed E-state index contributed by atoms with van der Waals surface area (Å²) in [6.07, 6.45) is -9.92. The average molecular weight is 510 g/mol. The summed E-state index contributed by atoms with van der Waals surface area (Å²) in [7, 11) is 1.46. The molecule has 36 heavy (non-hydrogen) atoms. The Kier molecular flexibility index (Phi) is 8.29. The molecule has 192 valence electrons. The number of primary amides is 1. The summed E-state index contributed by atoms with van der Waals surface area (Å²) in [5.41, 5.74) is 4.03. The fourth-order valence-corrected chi connectivity index (χ4v) is 3.95. The zero-order chi connectivity index (χ0) is 26.5. The van der Waals surface area contributed by atoms with E-state index in [9.17, 15) is 31.1 Å². The lowest BCUT2D eigenvalue weighted by Crippen LogP contribution is -2.46. The second-order valence-electron chi connectivity index (χ2n) is 8.24. The molecule has 0 heterocycles. The minimum Gasteiger partial charge on any atom is -0.375 e. The van der Waals surface area contributed by atoms with E-state index in [-0.39, 0.29) is 18.2 Å². The molecule has 0 radical (unpaired) electrons. The summed E-state index contributed by atoms with van der Waals surface area (Å²) in [5, 5.41) is 0. The highest BCUT2D eigenvalue weighted by Crippen LogP contribution is 2.37. The van der Waals surface area contributed by atoms with Gasteiger partial charge in [0.2, 0.25) is 0 Å². The highest BCUT2D eigenvalue weighted by Gasteiger charge is 2.37. The minimum absolute atomic E-state index is 0.0635. The van der Waals surface area contributed by atoms with Gasteiger partial charge in [0, 0.05) is 13.0 Å². The van der Waals surface area contributed by atoms with Crippen molar-refractivity contribution in [1.29, 1.82) is 0 Å². The topological polar surface area (TPSA) is 55.6 Å². The van der Waals surface area contributed by atoms with Crippen LogP contribution in [0.5, 0.6) is 0 Å². The molecule has 1 atom stereocenters. The van der Waals surface area contributed by atoms with Gasteiger partial charge in [0.25, 0.3) is 0 Å². The van der Waals surface area contributed by atoms with E-state index in [1.807, 2.05) is 60.7 Å². The van der Waals surface area contributed by atoms with Gasteiger partial charge in [-0.15, -0.1) is 0 Å². The van der Waals surface area contributed by atoms with Crippen molar-refractivity contribution < 1.29 is 35.9 Å². The first-order valence-electron chi connectivity index (χ1n) is 10.9. The van der Waals surface area contributed by atoms with Crippen molar-refractivity contribution in [3.05, 3.63) is 107 Å². The predicted octanol–water partition coefficient (Wildman–Crippen LogP) is 6.45. The third-order valence-corrected chi connectivity index (χ3v) is 5.75. The van der Waals surface area contributed by atoms with Gasteiger partial charge in [0.05, 0.1) is 30.4 Å². The molecule has 0 aromatic heterocycles. The smallest absolute Gasteiger partial charge is 0.375 e. The maximum absolute atomic E-state index is 13.2. The van der Waals surface area contributed by atoms with E-state index in [4.69, 9.17) is 10.5 Å². The normalized spacial score (nSPS) is 13.0. The van der Waals surface area contributed by atoms with Gasteiger partial charge in [-0.3, -0.25) is 0 Å². The number of nitrogens with two attached hydrogens (primary N) is 1. The molecule has 0 saturated heterocycles. The minimum atomic E-state index is -4.96. The Morgan fingerprint density at radius 2 is 1.28 bits per heavy atom. The van der Waals surface area contributed by atoms with Gasteiger partial charge < -0.3 is 15.4 Å². The molecule has 0 fully saturated rings. The van der Waals surface area contributed by atoms with Crippen LogP contribution in [0.1, 0.15) is 33.7 Å². The third kappa shape index (κ3) is 6.78. The zero-order valence-electron chi connectivity index (χ0n) is 19.2. The summed E-state index contributed by atoms with van der Waals surface area (Å²) in [6, 6.07) is 18.1. The van der Waals surface area contributed by atoms with Gasteiger partial charge in [-0.1, -0.05) is 60.7 Å². The van der Waals surface area contributed by atoms with E-state index in [1.165, 1.54) is 11.9 Å². The molecular weight excluding hydrogens is 486 g/mol. The maximum Gasteiger partial charge on any atom is 0.416 e. The van der Waals surface area contributed by atoms with E-state index in [0.29, 0.717) is 12.1 Å². The van der Waals surface area contributed by atoms with Gasteiger partial charge >= 0.3 is 18.4 Å². The number of amides is 2. The van der Waals surface area contributed by atoms with E-state index in [0.717, 1.165) is 11.1 Å². The van der Waals surface area contributed by atoms with Crippen molar-refractivity contribution in [3.63, 3.8) is 0 Å². The summed E-state index contributed by atoms with van der Waals surface area (Å²) < 4.78 is 84.8. The van der Waals surface area contributed by atoms with Gasteiger partial charge in [-0.2, -0.15) is 26.3 Å².